The molecule has 11 heteroatoms. The van der Waals surface area contributed by atoms with Gasteiger partial charge >= 0.3 is 6.18 Å². The zero-order valence-corrected chi connectivity index (χ0v) is 20.0. The molecule has 1 aromatic heterocycles. The van der Waals surface area contributed by atoms with E-state index in [0.29, 0.717) is 8.73 Å². The lowest BCUT2D eigenvalue weighted by atomic mass is 10.1. The van der Waals surface area contributed by atoms with Crippen LogP contribution < -0.4 is 15.4 Å². The summed E-state index contributed by atoms with van der Waals surface area (Å²) < 4.78 is 46.5. The van der Waals surface area contributed by atoms with Gasteiger partial charge in [0.2, 0.25) is 11.8 Å². The molecule has 0 bridgehead atoms. The van der Waals surface area contributed by atoms with Gasteiger partial charge in [0, 0.05) is 53.5 Å². The first-order chi connectivity index (χ1) is 15.0. The van der Waals surface area contributed by atoms with Crippen molar-refractivity contribution >= 4 is 45.9 Å². The first-order valence-corrected chi connectivity index (χ1v) is 11.0. The number of alkyl halides is 3. The van der Waals surface area contributed by atoms with Crippen molar-refractivity contribution in [2.24, 2.45) is 5.73 Å². The predicted octanol–water partition coefficient (Wildman–Crippen LogP) is 5.00. The molecule has 6 nitrogen and oxygen atoms in total. The number of carbonyl (C=O) groups excluding carboxylic acids is 1. The fourth-order valence-electron chi connectivity index (χ4n) is 2.75. The summed E-state index contributed by atoms with van der Waals surface area (Å²) in [7, 11) is 3.86. The lowest BCUT2D eigenvalue weighted by Gasteiger charge is -2.15. The molecule has 0 fully saturated rings. The Bertz CT molecular complexity index is 1140. The Hall–Kier alpha value is -2.54. The van der Waals surface area contributed by atoms with Crippen LogP contribution in [0.3, 0.4) is 0 Å². The number of primary amides is 1. The number of hydrogen-bond donors (Lipinski definition) is 1. The minimum atomic E-state index is -4.72. The van der Waals surface area contributed by atoms with Gasteiger partial charge in [-0.2, -0.15) is 18.2 Å². The van der Waals surface area contributed by atoms with Crippen LogP contribution in [-0.2, 0) is 12.8 Å². The van der Waals surface area contributed by atoms with Crippen LogP contribution in [0.2, 0.25) is 0 Å². The van der Waals surface area contributed by atoms with Gasteiger partial charge in [-0.3, -0.25) is 4.79 Å². The predicted molar refractivity (Wildman–Crippen MR) is 124 cm³/mol. The normalized spacial score (nSPS) is 11.3. The van der Waals surface area contributed by atoms with Crippen LogP contribution in [-0.4, -0.2) is 30.0 Å². The second-order valence-electron chi connectivity index (χ2n) is 6.83. The van der Waals surface area contributed by atoms with Gasteiger partial charge in [-0.1, -0.05) is 23.9 Å². The summed E-state index contributed by atoms with van der Waals surface area (Å²) in [4.78, 5) is 22.4. The zero-order chi connectivity index (χ0) is 23.5. The van der Waals surface area contributed by atoms with Crippen LogP contribution in [0.4, 0.5) is 18.9 Å². The molecule has 0 atom stereocenters. The lowest BCUT2D eigenvalue weighted by molar-refractivity contribution is -0.138. The zero-order valence-electron chi connectivity index (χ0n) is 17.0. The summed E-state index contributed by atoms with van der Waals surface area (Å²) in [5.41, 5.74) is 5.33. The third kappa shape index (κ3) is 6.03. The Morgan fingerprint density at radius 1 is 1.22 bits per heavy atom. The van der Waals surface area contributed by atoms with Crippen molar-refractivity contribution in [1.82, 2.24) is 9.97 Å². The van der Waals surface area contributed by atoms with Crippen LogP contribution in [0.15, 0.2) is 58.5 Å². The Balaban J connectivity index is 1.87. The van der Waals surface area contributed by atoms with Crippen LogP contribution in [0, 0.1) is 3.83 Å². The summed E-state index contributed by atoms with van der Waals surface area (Å²) in [6, 6.07) is 11.1. The van der Waals surface area contributed by atoms with Gasteiger partial charge in [0.05, 0.1) is 16.0 Å². The molecule has 32 heavy (non-hydrogen) atoms. The number of hydrogen-bond acceptors (Lipinski definition) is 6. The molecule has 2 N–H and O–H groups in total. The Morgan fingerprint density at radius 3 is 2.62 bits per heavy atom. The van der Waals surface area contributed by atoms with E-state index in [1.165, 1.54) is 12.3 Å². The van der Waals surface area contributed by atoms with Crippen molar-refractivity contribution in [2.75, 3.05) is 19.0 Å². The van der Waals surface area contributed by atoms with Crippen LogP contribution in [0.5, 0.6) is 5.88 Å². The van der Waals surface area contributed by atoms with Crippen LogP contribution in [0.25, 0.3) is 0 Å². The summed E-state index contributed by atoms with van der Waals surface area (Å²) in [5.74, 6) is -0.896. The number of halogens is 4. The number of amides is 1. The van der Waals surface area contributed by atoms with E-state index in [1.54, 1.807) is 0 Å². The summed E-state index contributed by atoms with van der Waals surface area (Å²) in [5, 5.41) is 0. The fourth-order valence-corrected chi connectivity index (χ4v) is 3.97. The first-order valence-electron chi connectivity index (χ1n) is 9.15. The number of anilines is 1. The second-order valence-corrected chi connectivity index (χ2v) is 8.91. The molecule has 0 saturated carbocycles. The average Bonchev–Trinajstić information content (AvgIpc) is 2.73. The highest BCUT2D eigenvalue weighted by atomic mass is 127. The van der Waals surface area contributed by atoms with Crippen molar-refractivity contribution in [3.63, 3.8) is 0 Å². The summed E-state index contributed by atoms with van der Waals surface area (Å²) in [6.07, 6.45) is -3.24. The molecule has 3 aromatic rings. The number of nitrogens with zero attached hydrogens (tertiary/aromatic N) is 3. The van der Waals surface area contributed by atoms with Crippen LogP contribution >= 0.6 is 34.4 Å². The van der Waals surface area contributed by atoms with E-state index in [4.69, 9.17) is 10.5 Å². The standard InChI is InChI=1S/C21H18F3IN4O2S/c1-29(2)13-5-3-4-12(8-13)11-31-19-17(10-27-20(25)28-19)32-14-6-7-15(18(26)30)16(9-14)21(22,23)24/h3-10H,11H2,1-2H3,(H2,26,30). The van der Waals surface area contributed by atoms with E-state index < -0.39 is 23.2 Å². The maximum absolute atomic E-state index is 13.4. The largest absolute Gasteiger partial charge is 0.472 e. The summed E-state index contributed by atoms with van der Waals surface area (Å²) in [6.45, 7) is 0.219. The Morgan fingerprint density at radius 2 is 1.97 bits per heavy atom. The Labute approximate surface area is 200 Å². The van der Waals surface area contributed by atoms with Crippen LogP contribution in [0.1, 0.15) is 21.5 Å². The number of aromatic nitrogens is 2. The van der Waals surface area contributed by atoms with E-state index in [2.05, 4.69) is 9.97 Å². The van der Waals surface area contributed by atoms with Gasteiger partial charge < -0.3 is 15.4 Å². The first kappa shape index (κ1) is 24.1. The molecule has 0 aliphatic carbocycles. The van der Waals surface area contributed by atoms with Crippen molar-refractivity contribution in [1.29, 1.82) is 0 Å². The van der Waals surface area contributed by atoms with Gasteiger partial charge in [-0.05, 0) is 35.9 Å². The van der Waals surface area contributed by atoms with Gasteiger partial charge in [-0.25, -0.2) is 4.98 Å². The SMILES string of the molecule is CN(C)c1cccc(COc2nc(I)ncc2Sc2ccc(C(N)=O)c(C(F)(F)F)c2)c1. The van der Waals surface area contributed by atoms with E-state index in [1.807, 2.05) is 65.9 Å². The molecule has 0 aliphatic heterocycles. The molecule has 0 saturated heterocycles. The molecule has 1 heterocycles. The highest BCUT2D eigenvalue weighted by molar-refractivity contribution is 14.1. The van der Waals surface area contributed by atoms with Gasteiger partial charge in [-0.15, -0.1) is 0 Å². The number of nitrogens with two attached hydrogens (primary N) is 1. The smallest absolute Gasteiger partial charge is 0.417 e. The highest BCUT2D eigenvalue weighted by Crippen LogP contribution is 2.39. The maximum Gasteiger partial charge on any atom is 0.417 e. The topological polar surface area (TPSA) is 81.3 Å². The molecule has 0 radical (unpaired) electrons. The highest BCUT2D eigenvalue weighted by Gasteiger charge is 2.35. The monoisotopic (exact) mass is 574 g/mol. The van der Waals surface area contributed by atoms with Gasteiger partial charge in [0.1, 0.15) is 6.61 Å². The number of ether oxygens (including phenoxy) is 1. The van der Waals surface area contributed by atoms with Crippen molar-refractivity contribution in [2.45, 2.75) is 22.6 Å². The third-order valence-electron chi connectivity index (χ3n) is 4.29. The molecule has 3 rings (SSSR count). The van der Waals surface area contributed by atoms with Crippen molar-refractivity contribution in [3.05, 3.63) is 69.2 Å². The quantitative estimate of drug-likeness (QED) is 0.316. The maximum atomic E-state index is 13.4. The van der Waals surface area contributed by atoms with Gasteiger partial charge in [0.25, 0.3) is 0 Å². The molecule has 0 unspecified atom stereocenters. The molecule has 168 valence electrons. The second kappa shape index (κ2) is 9.94. The number of rotatable bonds is 7. The number of carbonyl (C=O) groups is 1. The molecule has 2 aromatic carbocycles. The van der Waals surface area contributed by atoms with Crippen molar-refractivity contribution < 1.29 is 22.7 Å². The van der Waals surface area contributed by atoms with E-state index >= 15 is 0 Å². The minimum Gasteiger partial charge on any atom is -0.472 e. The lowest BCUT2D eigenvalue weighted by Crippen LogP contribution is -2.18. The molecule has 0 aliphatic rings. The minimum absolute atomic E-state index is 0.219. The molecule has 1 amide bonds. The van der Waals surface area contributed by atoms with E-state index in [0.717, 1.165) is 35.1 Å². The third-order valence-corrected chi connectivity index (χ3v) is 5.79. The number of benzene rings is 2. The summed E-state index contributed by atoms with van der Waals surface area (Å²) >= 11 is 2.93. The Kier molecular flexibility index (Phi) is 7.49. The van der Waals surface area contributed by atoms with Gasteiger partial charge in [0.15, 0.2) is 3.83 Å². The van der Waals surface area contributed by atoms with E-state index in [9.17, 15) is 18.0 Å². The molecule has 0 spiro atoms. The molecular formula is C21H18F3IN4O2S. The molecular weight excluding hydrogens is 556 g/mol. The van der Waals surface area contributed by atoms with E-state index in [-0.39, 0.29) is 17.4 Å². The van der Waals surface area contributed by atoms with Crippen molar-refractivity contribution in [3.8, 4) is 5.88 Å². The average molecular weight is 574 g/mol. The fraction of sp³-hybridized carbons (Fsp3) is 0.190.